The zero-order valence-corrected chi connectivity index (χ0v) is 17.6. The largest absolute Gasteiger partial charge is 0.357 e. The van der Waals surface area contributed by atoms with Crippen molar-refractivity contribution in [3.63, 3.8) is 0 Å². The smallest absolute Gasteiger partial charge is 0.191 e. The van der Waals surface area contributed by atoms with Crippen LogP contribution in [0, 0.1) is 5.92 Å². The molecule has 0 bridgehead atoms. The summed E-state index contributed by atoms with van der Waals surface area (Å²) in [5.74, 6) is 1.77. The molecule has 3 fully saturated rings. The summed E-state index contributed by atoms with van der Waals surface area (Å²) in [7, 11) is 0. The van der Waals surface area contributed by atoms with Crippen molar-refractivity contribution in [1.29, 1.82) is 0 Å². The van der Waals surface area contributed by atoms with Gasteiger partial charge >= 0.3 is 0 Å². The number of likely N-dealkylation sites (tertiary alicyclic amines) is 2. The molecule has 3 aliphatic rings. The Hall–Kier alpha value is -0.0800. The van der Waals surface area contributed by atoms with Crippen molar-refractivity contribution in [2.75, 3.05) is 52.4 Å². The van der Waals surface area contributed by atoms with Crippen LogP contribution in [0.1, 0.15) is 45.4 Å². The predicted molar refractivity (Wildman–Crippen MR) is 112 cm³/mol. The van der Waals surface area contributed by atoms with Crippen LogP contribution in [0.5, 0.6) is 0 Å². The molecule has 5 nitrogen and oxygen atoms in total. The number of nitrogens with zero attached hydrogens (tertiary/aromatic N) is 3. The quantitative estimate of drug-likeness (QED) is 0.355. The van der Waals surface area contributed by atoms with Crippen LogP contribution in [0.4, 0.5) is 0 Å². The normalized spacial score (nSPS) is 26.2. The van der Waals surface area contributed by atoms with Gasteiger partial charge in [-0.3, -0.25) is 4.99 Å². The average molecular weight is 449 g/mol. The minimum Gasteiger partial charge on any atom is -0.357 e. The fraction of sp³-hybridized carbons (Fsp3) is 0.944. The number of halogens is 1. The van der Waals surface area contributed by atoms with E-state index in [1.807, 2.05) is 0 Å². The maximum atomic E-state index is 4.84. The summed E-state index contributed by atoms with van der Waals surface area (Å²) in [5.41, 5.74) is 0. The first-order chi connectivity index (χ1) is 11.3. The first kappa shape index (κ1) is 20.2. The van der Waals surface area contributed by atoms with Crippen LogP contribution in [0.3, 0.4) is 0 Å². The Balaban J connectivity index is 0.00000208. The Kier molecular flexibility index (Phi) is 9.11. The highest BCUT2D eigenvalue weighted by molar-refractivity contribution is 14.0. The van der Waals surface area contributed by atoms with Gasteiger partial charge in [-0.2, -0.15) is 0 Å². The van der Waals surface area contributed by atoms with Crippen molar-refractivity contribution in [2.45, 2.75) is 51.5 Å². The van der Waals surface area contributed by atoms with Crippen LogP contribution in [-0.4, -0.2) is 74.2 Å². The van der Waals surface area contributed by atoms with Gasteiger partial charge in [0.15, 0.2) is 5.96 Å². The molecular weight excluding hydrogens is 413 g/mol. The molecule has 0 amide bonds. The van der Waals surface area contributed by atoms with E-state index in [0.717, 1.165) is 44.1 Å². The number of nitrogens with one attached hydrogen (secondary N) is 2. The van der Waals surface area contributed by atoms with E-state index >= 15 is 0 Å². The number of guanidine groups is 1. The SMILES string of the molecule is CCNC(=NCC1CCN(C2CC2)C1)NCCN1CCCCC1.I. The van der Waals surface area contributed by atoms with Gasteiger partial charge in [0, 0.05) is 38.8 Å². The fourth-order valence-electron chi connectivity index (χ4n) is 3.86. The number of aliphatic imine (C=N–C) groups is 1. The topological polar surface area (TPSA) is 42.9 Å². The summed E-state index contributed by atoms with van der Waals surface area (Å²) in [6.45, 7) is 11.3. The lowest BCUT2D eigenvalue weighted by Crippen LogP contribution is -2.43. The van der Waals surface area contributed by atoms with Crippen molar-refractivity contribution in [2.24, 2.45) is 10.9 Å². The Bertz CT molecular complexity index is 380. The van der Waals surface area contributed by atoms with E-state index in [4.69, 9.17) is 4.99 Å². The van der Waals surface area contributed by atoms with Gasteiger partial charge in [-0.05, 0) is 64.6 Å². The van der Waals surface area contributed by atoms with Gasteiger partial charge in [0.05, 0.1) is 0 Å². The van der Waals surface area contributed by atoms with E-state index in [9.17, 15) is 0 Å². The molecule has 0 aromatic carbocycles. The Morgan fingerprint density at radius 2 is 1.83 bits per heavy atom. The number of hydrogen-bond donors (Lipinski definition) is 2. The van der Waals surface area contributed by atoms with Crippen LogP contribution in [0.2, 0.25) is 0 Å². The second-order valence-electron chi connectivity index (χ2n) is 7.43. The van der Waals surface area contributed by atoms with Crippen molar-refractivity contribution in [3.05, 3.63) is 0 Å². The molecular formula is C18H36IN5. The zero-order valence-electron chi connectivity index (χ0n) is 15.3. The summed E-state index contributed by atoms with van der Waals surface area (Å²) < 4.78 is 0. The lowest BCUT2D eigenvalue weighted by molar-refractivity contribution is 0.232. The number of piperidine rings is 1. The molecule has 3 rings (SSSR count). The molecule has 24 heavy (non-hydrogen) atoms. The molecule has 6 heteroatoms. The zero-order chi connectivity index (χ0) is 15.9. The first-order valence-corrected chi connectivity index (χ1v) is 9.83. The minimum atomic E-state index is 0. The predicted octanol–water partition coefficient (Wildman–Crippen LogP) is 2.13. The lowest BCUT2D eigenvalue weighted by atomic mass is 10.1. The highest BCUT2D eigenvalue weighted by Crippen LogP contribution is 2.31. The van der Waals surface area contributed by atoms with Gasteiger partial charge in [-0.25, -0.2) is 0 Å². The summed E-state index contributed by atoms with van der Waals surface area (Å²) in [6, 6.07) is 0.917. The van der Waals surface area contributed by atoms with E-state index in [0.29, 0.717) is 0 Å². The van der Waals surface area contributed by atoms with Gasteiger partial charge in [0.1, 0.15) is 0 Å². The summed E-state index contributed by atoms with van der Waals surface area (Å²) in [6.07, 6.45) is 8.33. The summed E-state index contributed by atoms with van der Waals surface area (Å²) in [4.78, 5) is 10.1. The monoisotopic (exact) mass is 449 g/mol. The molecule has 1 unspecified atom stereocenters. The van der Waals surface area contributed by atoms with Crippen LogP contribution in [0.15, 0.2) is 4.99 Å². The fourth-order valence-corrected chi connectivity index (χ4v) is 3.86. The molecule has 2 heterocycles. The van der Waals surface area contributed by atoms with Crippen LogP contribution < -0.4 is 10.6 Å². The maximum absolute atomic E-state index is 4.84. The standard InChI is InChI=1S/C18H35N5.HI/c1-2-19-18(20-9-13-22-10-4-3-5-11-22)21-14-16-8-12-23(15-16)17-6-7-17;/h16-17H,2-15H2,1H3,(H2,19,20,21);1H. The molecule has 140 valence electrons. The van der Waals surface area contributed by atoms with E-state index in [-0.39, 0.29) is 24.0 Å². The average Bonchev–Trinajstić information content (AvgIpc) is 3.32. The Labute approximate surface area is 165 Å². The third kappa shape index (κ3) is 6.67. The Morgan fingerprint density at radius 1 is 1.04 bits per heavy atom. The molecule has 2 N–H and O–H groups in total. The molecule has 1 aliphatic carbocycles. The Morgan fingerprint density at radius 3 is 2.54 bits per heavy atom. The molecule has 0 aromatic rings. The molecule has 0 spiro atoms. The van der Waals surface area contributed by atoms with Gasteiger partial charge < -0.3 is 20.4 Å². The number of hydrogen-bond acceptors (Lipinski definition) is 3. The van der Waals surface area contributed by atoms with Gasteiger partial charge in [-0.1, -0.05) is 6.42 Å². The van der Waals surface area contributed by atoms with Crippen molar-refractivity contribution in [1.82, 2.24) is 20.4 Å². The molecule has 1 atom stereocenters. The van der Waals surface area contributed by atoms with Gasteiger partial charge in [0.25, 0.3) is 0 Å². The van der Waals surface area contributed by atoms with E-state index in [1.165, 1.54) is 64.7 Å². The van der Waals surface area contributed by atoms with E-state index in [1.54, 1.807) is 0 Å². The summed E-state index contributed by atoms with van der Waals surface area (Å²) in [5, 5.41) is 6.92. The van der Waals surface area contributed by atoms with Crippen LogP contribution in [0.25, 0.3) is 0 Å². The van der Waals surface area contributed by atoms with Gasteiger partial charge in [-0.15, -0.1) is 24.0 Å². The van der Waals surface area contributed by atoms with E-state index in [2.05, 4.69) is 27.4 Å². The third-order valence-corrected chi connectivity index (χ3v) is 5.40. The highest BCUT2D eigenvalue weighted by atomic mass is 127. The molecule has 1 saturated carbocycles. The third-order valence-electron chi connectivity index (χ3n) is 5.40. The van der Waals surface area contributed by atoms with Gasteiger partial charge in [0.2, 0.25) is 0 Å². The van der Waals surface area contributed by atoms with Crippen molar-refractivity contribution in [3.8, 4) is 0 Å². The molecule has 2 saturated heterocycles. The van der Waals surface area contributed by atoms with Crippen LogP contribution >= 0.6 is 24.0 Å². The minimum absolute atomic E-state index is 0. The second kappa shape index (κ2) is 10.8. The van der Waals surface area contributed by atoms with Crippen molar-refractivity contribution < 1.29 is 0 Å². The molecule has 2 aliphatic heterocycles. The van der Waals surface area contributed by atoms with Crippen LogP contribution in [-0.2, 0) is 0 Å². The van der Waals surface area contributed by atoms with Crippen molar-refractivity contribution >= 4 is 29.9 Å². The highest BCUT2D eigenvalue weighted by Gasteiger charge is 2.34. The maximum Gasteiger partial charge on any atom is 0.191 e. The molecule has 0 radical (unpaired) electrons. The second-order valence-corrected chi connectivity index (χ2v) is 7.43. The lowest BCUT2D eigenvalue weighted by Gasteiger charge is -2.26. The first-order valence-electron chi connectivity index (χ1n) is 9.83. The molecule has 0 aromatic heterocycles. The summed E-state index contributed by atoms with van der Waals surface area (Å²) >= 11 is 0. The number of rotatable bonds is 7. The van der Waals surface area contributed by atoms with E-state index < -0.39 is 0 Å².